The highest BCUT2D eigenvalue weighted by Crippen LogP contribution is 1.96. The maximum absolute atomic E-state index is 8.80. The number of nitrogens with one attached hydrogen (secondary N) is 1. The van der Waals surface area contributed by atoms with Crippen LogP contribution in [0.2, 0.25) is 0 Å². The smallest absolute Gasteiger partial charge is 0.0468 e. The van der Waals surface area contributed by atoms with Crippen LogP contribution in [0.1, 0.15) is 12.5 Å². The van der Waals surface area contributed by atoms with Crippen LogP contribution in [-0.4, -0.2) is 29.8 Å². The second-order valence-corrected chi connectivity index (χ2v) is 3.60. The quantitative estimate of drug-likeness (QED) is 0.660. The normalized spacial score (nSPS) is 12.7. The monoisotopic (exact) mass is 194 g/mol. The van der Waals surface area contributed by atoms with Crippen LogP contribution in [-0.2, 0) is 6.42 Å². The summed E-state index contributed by atoms with van der Waals surface area (Å²) < 4.78 is 0. The van der Waals surface area contributed by atoms with Gasteiger partial charge in [0.1, 0.15) is 0 Å². The fourth-order valence-electron chi connectivity index (χ4n) is 1.20. The SMILES string of the molecule is CC(CO)CNCCc1ccncc1. The zero-order valence-corrected chi connectivity index (χ0v) is 8.61. The Morgan fingerprint density at radius 1 is 1.43 bits per heavy atom. The van der Waals surface area contributed by atoms with E-state index in [-0.39, 0.29) is 6.61 Å². The molecule has 0 amide bonds. The summed E-state index contributed by atoms with van der Waals surface area (Å²) in [5, 5.41) is 12.1. The first-order valence-corrected chi connectivity index (χ1v) is 5.03. The summed E-state index contributed by atoms with van der Waals surface area (Å²) in [7, 11) is 0. The number of hydrogen-bond acceptors (Lipinski definition) is 3. The van der Waals surface area contributed by atoms with Crippen molar-refractivity contribution >= 4 is 0 Å². The Morgan fingerprint density at radius 2 is 2.14 bits per heavy atom. The van der Waals surface area contributed by atoms with Crippen LogP contribution >= 0.6 is 0 Å². The number of nitrogens with zero attached hydrogens (tertiary/aromatic N) is 1. The van der Waals surface area contributed by atoms with Crippen molar-refractivity contribution in [1.29, 1.82) is 0 Å². The standard InChI is InChI=1S/C11H18N2O/c1-10(9-14)8-13-7-4-11-2-5-12-6-3-11/h2-3,5-6,10,13-14H,4,7-9H2,1H3. The Hall–Kier alpha value is -0.930. The molecule has 1 atom stereocenters. The van der Waals surface area contributed by atoms with Gasteiger partial charge in [-0.05, 0) is 43.1 Å². The van der Waals surface area contributed by atoms with Crippen LogP contribution in [0, 0.1) is 5.92 Å². The predicted octanol–water partition coefficient (Wildman–Crippen LogP) is 0.842. The summed E-state index contributed by atoms with van der Waals surface area (Å²) in [6.07, 6.45) is 4.64. The fourth-order valence-corrected chi connectivity index (χ4v) is 1.20. The van der Waals surface area contributed by atoms with Crippen molar-refractivity contribution in [2.24, 2.45) is 5.92 Å². The van der Waals surface area contributed by atoms with Crippen molar-refractivity contribution < 1.29 is 5.11 Å². The number of aromatic nitrogens is 1. The van der Waals surface area contributed by atoms with Crippen molar-refractivity contribution in [2.75, 3.05) is 19.7 Å². The van der Waals surface area contributed by atoms with Crippen LogP contribution in [0.15, 0.2) is 24.5 Å². The molecule has 1 aromatic rings. The van der Waals surface area contributed by atoms with E-state index in [1.54, 1.807) is 0 Å². The van der Waals surface area contributed by atoms with Gasteiger partial charge < -0.3 is 10.4 Å². The molecule has 1 rings (SSSR count). The summed E-state index contributed by atoms with van der Waals surface area (Å²) in [5.74, 6) is 0.340. The molecule has 0 bridgehead atoms. The molecule has 0 radical (unpaired) electrons. The minimum atomic E-state index is 0.252. The minimum absolute atomic E-state index is 0.252. The van der Waals surface area contributed by atoms with E-state index in [9.17, 15) is 0 Å². The van der Waals surface area contributed by atoms with Gasteiger partial charge in [-0.3, -0.25) is 4.98 Å². The van der Waals surface area contributed by atoms with Crippen LogP contribution in [0.3, 0.4) is 0 Å². The van der Waals surface area contributed by atoms with E-state index in [0.717, 1.165) is 19.5 Å². The maximum atomic E-state index is 8.80. The van der Waals surface area contributed by atoms with Gasteiger partial charge in [0.05, 0.1) is 0 Å². The van der Waals surface area contributed by atoms with Crippen LogP contribution in [0.5, 0.6) is 0 Å². The first kappa shape index (κ1) is 11.1. The van der Waals surface area contributed by atoms with Gasteiger partial charge in [0.15, 0.2) is 0 Å². The molecule has 14 heavy (non-hydrogen) atoms. The molecule has 0 aliphatic heterocycles. The molecule has 0 aromatic carbocycles. The summed E-state index contributed by atoms with van der Waals surface area (Å²) in [5.41, 5.74) is 1.30. The molecule has 78 valence electrons. The largest absolute Gasteiger partial charge is 0.396 e. The number of aliphatic hydroxyl groups excluding tert-OH is 1. The van der Waals surface area contributed by atoms with Crippen molar-refractivity contribution in [3.63, 3.8) is 0 Å². The molecule has 1 aromatic heterocycles. The van der Waals surface area contributed by atoms with Crippen molar-refractivity contribution in [2.45, 2.75) is 13.3 Å². The zero-order chi connectivity index (χ0) is 10.2. The molecule has 1 heterocycles. The lowest BCUT2D eigenvalue weighted by molar-refractivity contribution is 0.234. The molecule has 3 nitrogen and oxygen atoms in total. The Labute approximate surface area is 85.2 Å². The topological polar surface area (TPSA) is 45.1 Å². The lowest BCUT2D eigenvalue weighted by atomic mass is 10.2. The van der Waals surface area contributed by atoms with Gasteiger partial charge in [-0.1, -0.05) is 6.92 Å². The molecular weight excluding hydrogens is 176 g/mol. The third-order valence-electron chi connectivity index (χ3n) is 2.14. The van der Waals surface area contributed by atoms with E-state index in [4.69, 9.17) is 5.11 Å². The molecule has 1 unspecified atom stereocenters. The number of rotatable bonds is 6. The van der Waals surface area contributed by atoms with E-state index in [2.05, 4.69) is 10.3 Å². The molecule has 0 saturated carbocycles. The second-order valence-electron chi connectivity index (χ2n) is 3.60. The summed E-state index contributed by atoms with van der Waals surface area (Å²) in [4.78, 5) is 3.96. The number of aliphatic hydroxyl groups is 1. The summed E-state index contributed by atoms with van der Waals surface area (Å²) in [6, 6.07) is 4.05. The van der Waals surface area contributed by atoms with E-state index in [1.807, 2.05) is 31.5 Å². The van der Waals surface area contributed by atoms with Gasteiger partial charge in [-0.25, -0.2) is 0 Å². The first-order chi connectivity index (χ1) is 6.83. The average molecular weight is 194 g/mol. The Kier molecular flexibility index (Phi) is 5.19. The fraction of sp³-hybridized carbons (Fsp3) is 0.545. The van der Waals surface area contributed by atoms with Gasteiger partial charge in [0.2, 0.25) is 0 Å². The van der Waals surface area contributed by atoms with Crippen molar-refractivity contribution in [3.05, 3.63) is 30.1 Å². The zero-order valence-electron chi connectivity index (χ0n) is 8.61. The summed E-state index contributed by atoms with van der Waals surface area (Å²) in [6.45, 7) is 4.11. The van der Waals surface area contributed by atoms with Crippen molar-refractivity contribution in [1.82, 2.24) is 10.3 Å². The second kappa shape index (κ2) is 6.51. The van der Waals surface area contributed by atoms with Crippen LogP contribution in [0.25, 0.3) is 0 Å². The lowest BCUT2D eigenvalue weighted by Crippen LogP contribution is -2.25. The first-order valence-electron chi connectivity index (χ1n) is 5.03. The van der Waals surface area contributed by atoms with Crippen LogP contribution < -0.4 is 5.32 Å². The van der Waals surface area contributed by atoms with Gasteiger partial charge in [-0.15, -0.1) is 0 Å². The maximum Gasteiger partial charge on any atom is 0.0468 e. The highest BCUT2D eigenvalue weighted by atomic mass is 16.3. The third kappa shape index (κ3) is 4.35. The molecule has 0 aliphatic carbocycles. The van der Waals surface area contributed by atoms with E-state index in [1.165, 1.54) is 5.56 Å². The molecule has 0 spiro atoms. The highest BCUT2D eigenvalue weighted by Gasteiger charge is 1.98. The summed E-state index contributed by atoms with van der Waals surface area (Å²) >= 11 is 0. The van der Waals surface area contributed by atoms with Crippen molar-refractivity contribution in [3.8, 4) is 0 Å². The Bertz CT molecular complexity index is 238. The molecule has 0 aliphatic rings. The molecule has 2 N–H and O–H groups in total. The van der Waals surface area contributed by atoms with Gasteiger partial charge in [0.25, 0.3) is 0 Å². The number of hydrogen-bond donors (Lipinski definition) is 2. The molecule has 0 saturated heterocycles. The van der Waals surface area contributed by atoms with E-state index in [0.29, 0.717) is 5.92 Å². The molecule has 3 heteroatoms. The lowest BCUT2D eigenvalue weighted by Gasteiger charge is -2.08. The molecular formula is C11H18N2O. The van der Waals surface area contributed by atoms with E-state index >= 15 is 0 Å². The Morgan fingerprint density at radius 3 is 2.79 bits per heavy atom. The van der Waals surface area contributed by atoms with E-state index < -0.39 is 0 Å². The average Bonchev–Trinajstić information content (AvgIpc) is 2.25. The van der Waals surface area contributed by atoms with Crippen LogP contribution in [0.4, 0.5) is 0 Å². The third-order valence-corrected chi connectivity index (χ3v) is 2.14. The number of pyridine rings is 1. The molecule has 0 fully saturated rings. The van der Waals surface area contributed by atoms with Gasteiger partial charge >= 0.3 is 0 Å². The van der Waals surface area contributed by atoms with Gasteiger partial charge in [0, 0.05) is 19.0 Å². The predicted molar refractivity (Wildman–Crippen MR) is 57.1 cm³/mol. The van der Waals surface area contributed by atoms with Gasteiger partial charge in [-0.2, -0.15) is 0 Å². The minimum Gasteiger partial charge on any atom is -0.396 e. The Balaban J connectivity index is 2.10. The highest BCUT2D eigenvalue weighted by molar-refractivity contribution is 5.09.